The van der Waals surface area contributed by atoms with Crippen molar-refractivity contribution >= 4 is 40.2 Å². The third-order valence-electron chi connectivity index (χ3n) is 6.47. The van der Waals surface area contributed by atoms with E-state index in [1.165, 1.54) is 11.3 Å². The monoisotopic (exact) mass is 554 g/mol. The number of aromatic nitrogens is 2. The highest BCUT2D eigenvalue weighted by Crippen LogP contribution is 2.42. The molecule has 4 N–H and O–H groups in total. The number of fused-ring (bicyclic) bond motifs is 1. The number of esters is 1. The first-order valence-electron chi connectivity index (χ1n) is 12.9. The van der Waals surface area contributed by atoms with E-state index in [0.717, 1.165) is 24.1 Å². The zero-order chi connectivity index (χ0) is 28.2. The van der Waals surface area contributed by atoms with E-state index < -0.39 is 17.5 Å². The number of hydrogen-bond donors (Lipinski definition) is 2. The molecule has 1 aliphatic heterocycles. The quantitative estimate of drug-likeness (QED) is 0.318. The number of hydrogen-bond acceptors (Lipinski definition) is 11. The van der Waals surface area contributed by atoms with Crippen LogP contribution in [0.2, 0.25) is 0 Å². The normalized spacial score (nSPS) is 18.1. The standard InChI is InChI=1S/C26H34N8O4S/c1-26(2,3)38-25(36)34-11-5-10-33(12-13-34)24-30-9-8-18(32-24)21(28)31-15-37-23(35)16-6-4-7-19-20(16)17(14-27)22(29)39-19/h8-9,16H,4-7,10-13,15,29H2,1-3H3,(H2,28,31)/t16-/m0/s1. The molecule has 1 saturated heterocycles. The van der Waals surface area contributed by atoms with Crippen molar-refractivity contribution in [2.75, 3.05) is 43.5 Å². The molecule has 1 amide bonds. The van der Waals surface area contributed by atoms with Crippen molar-refractivity contribution in [1.82, 2.24) is 14.9 Å². The first-order chi connectivity index (χ1) is 18.6. The molecule has 0 spiro atoms. The Kier molecular flexibility index (Phi) is 8.54. The number of aryl methyl sites for hydroxylation is 1. The molecule has 0 radical (unpaired) electrons. The van der Waals surface area contributed by atoms with Gasteiger partial charge in [0.2, 0.25) is 5.95 Å². The van der Waals surface area contributed by atoms with Gasteiger partial charge in [0, 0.05) is 42.8 Å². The van der Waals surface area contributed by atoms with Gasteiger partial charge in [-0.05, 0) is 52.5 Å². The highest BCUT2D eigenvalue weighted by atomic mass is 32.1. The second kappa shape index (κ2) is 11.9. The maximum atomic E-state index is 12.9. The molecule has 1 aliphatic carbocycles. The predicted molar refractivity (Wildman–Crippen MR) is 147 cm³/mol. The number of anilines is 2. The van der Waals surface area contributed by atoms with E-state index >= 15 is 0 Å². The van der Waals surface area contributed by atoms with Gasteiger partial charge in [-0.15, -0.1) is 11.3 Å². The lowest BCUT2D eigenvalue weighted by Gasteiger charge is -2.26. The number of thiophene rings is 1. The number of nitrogens with two attached hydrogens (primary N) is 2. The van der Waals surface area contributed by atoms with Gasteiger partial charge in [-0.2, -0.15) is 5.26 Å². The van der Waals surface area contributed by atoms with E-state index in [9.17, 15) is 14.9 Å². The van der Waals surface area contributed by atoms with Crippen LogP contribution in [0.1, 0.15) is 67.6 Å². The minimum absolute atomic E-state index is 0.110. The van der Waals surface area contributed by atoms with Gasteiger partial charge >= 0.3 is 12.1 Å². The second-order valence-electron chi connectivity index (χ2n) is 10.4. The minimum Gasteiger partial charge on any atom is -0.444 e. The summed E-state index contributed by atoms with van der Waals surface area (Å²) in [6, 6.07) is 3.76. The summed E-state index contributed by atoms with van der Waals surface area (Å²) in [6.07, 6.45) is 4.20. The Hall–Kier alpha value is -3.92. The molecular formula is C26H34N8O4S. The Bertz CT molecular complexity index is 1300. The van der Waals surface area contributed by atoms with Crippen molar-refractivity contribution < 1.29 is 19.1 Å². The van der Waals surface area contributed by atoms with Crippen molar-refractivity contribution in [3.8, 4) is 6.07 Å². The zero-order valence-electron chi connectivity index (χ0n) is 22.5. The number of aliphatic imine (C=N–C) groups is 1. The van der Waals surface area contributed by atoms with Crippen LogP contribution in [0.5, 0.6) is 0 Å². The molecule has 0 unspecified atom stereocenters. The SMILES string of the molecule is CC(C)(C)OC(=O)N1CCCN(c2nccc(/C(N)=N/COC(=O)[C@H]3CCCc4sc(N)c(C#N)c43)n2)CC1. The third kappa shape index (κ3) is 6.75. The summed E-state index contributed by atoms with van der Waals surface area (Å²) >= 11 is 1.36. The maximum Gasteiger partial charge on any atom is 0.410 e. The zero-order valence-corrected chi connectivity index (χ0v) is 23.3. The van der Waals surface area contributed by atoms with Crippen LogP contribution in [0.25, 0.3) is 0 Å². The molecule has 3 heterocycles. The molecule has 2 aliphatic rings. The highest BCUT2D eigenvalue weighted by molar-refractivity contribution is 7.16. The summed E-state index contributed by atoms with van der Waals surface area (Å²) in [7, 11) is 0. The number of nitriles is 1. The summed E-state index contributed by atoms with van der Waals surface area (Å²) < 4.78 is 10.9. The first-order valence-corrected chi connectivity index (χ1v) is 13.7. The van der Waals surface area contributed by atoms with Gasteiger partial charge in [0.25, 0.3) is 0 Å². The average Bonchev–Trinajstić information content (AvgIpc) is 3.05. The van der Waals surface area contributed by atoms with Crippen LogP contribution in [0, 0.1) is 11.3 Å². The molecule has 0 saturated carbocycles. The van der Waals surface area contributed by atoms with Gasteiger partial charge in [0.1, 0.15) is 28.2 Å². The topological polar surface area (TPSA) is 173 Å². The molecule has 208 valence electrons. The van der Waals surface area contributed by atoms with E-state index in [4.69, 9.17) is 20.9 Å². The molecule has 1 fully saturated rings. The number of amides is 1. The number of nitrogen functional groups attached to an aromatic ring is 1. The van der Waals surface area contributed by atoms with Crippen LogP contribution >= 0.6 is 11.3 Å². The van der Waals surface area contributed by atoms with Gasteiger partial charge in [-0.3, -0.25) is 4.79 Å². The lowest BCUT2D eigenvalue weighted by molar-refractivity contribution is -0.145. The third-order valence-corrected chi connectivity index (χ3v) is 7.56. The lowest BCUT2D eigenvalue weighted by atomic mass is 9.85. The van der Waals surface area contributed by atoms with Crippen molar-refractivity contribution in [2.45, 2.75) is 58.0 Å². The van der Waals surface area contributed by atoms with Crippen LogP contribution in [0.15, 0.2) is 17.3 Å². The van der Waals surface area contributed by atoms with Crippen LogP contribution in [-0.2, 0) is 20.7 Å². The number of carbonyl (C=O) groups is 2. The van der Waals surface area contributed by atoms with Crippen LogP contribution in [0.4, 0.5) is 15.7 Å². The van der Waals surface area contributed by atoms with Crippen molar-refractivity contribution in [3.05, 3.63) is 34.0 Å². The van der Waals surface area contributed by atoms with Gasteiger partial charge in [-0.1, -0.05) is 0 Å². The van der Waals surface area contributed by atoms with E-state index in [2.05, 4.69) is 21.0 Å². The van der Waals surface area contributed by atoms with Crippen molar-refractivity contribution in [2.24, 2.45) is 10.7 Å². The molecule has 1 atom stereocenters. The molecule has 0 bridgehead atoms. The van der Waals surface area contributed by atoms with Crippen molar-refractivity contribution in [3.63, 3.8) is 0 Å². The molecule has 12 nitrogen and oxygen atoms in total. The summed E-state index contributed by atoms with van der Waals surface area (Å²) in [4.78, 5) is 43.1. The van der Waals surface area contributed by atoms with Gasteiger partial charge in [0.05, 0.1) is 11.5 Å². The molecule has 2 aromatic rings. The van der Waals surface area contributed by atoms with E-state index in [1.54, 1.807) is 17.2 Å². The number of rotatable bonds is 5. The summed E-state index contributed by atoms with van der Waals surface area (Å²) in [5, 5.41) is 9.93. The average molecular weight is 555 g/mol. The molecule has 4 rings (SSSR count). The molecular weight excluding hydrogens is 520 g/mol. The molecule has 13 heteroatoms. The van der Waals surface area contributed by atoms with Crippen LogP contribution in [-0.4, -0.2) is 71.3 Å². The first kappa shape index (κ1) is 28.1. The van der Waals surface area contributed by atoms with Crippen LogP contribution < -0.4 is 16.4 Å². The van der Waals surface area contributed by atoms with E-state index in [1.807, 2.05) is 25.7 Å². The van der Waals surface area contributed by atoms with Crippen LogP contribution in [0.3, 0.4) is 0 Å². The fraction of sp³-hybridized carbons (Fsp3) is 0.538. The van der Waals surface area contributed by atoms with Gasteiger partial charge < -0.3 is 30.7 Å². The fourth-order valence-electron chi connectivity index (χ4n) is 4.64. The number of amidine groups is 1. The summed E-state index contributed by atoms with van der Waals surface area (Å²) in [6.45, 7) is 7.53. The van der Waals surface area contributed by atoms with E-state index in [0.29, 0.717) is 60.4 Å². The Morgan fingerprint density at radius 2 is 2.05 bits per heavy atom. The van der Waals surface area contributed by atoms with Gasteiger partial charge in [0.15, 0.2) is 6.73 Å². The molecule has 0 aromatic carbocycles. The summed E-state index contributed by atoms with van der Waals surface area (Å²) in [5.41, 5.74) is 13.1. The predicted octanol–water partition coefficient (Wildman–Crippen LogP) is 2.77. The number of ether oxygens (including phenoxy) is 2. The largest absolute Gasteiger partial charge is 0.444 e. The molecule has 2 aromatic heterocycles. The smallest absolute Gasteiger partial charge is 0.410 e. The van der Waals surface area contributed by atoms with E-state index in [-0.39, 0.29) is 18.7 Å². The lowest BCUT2D eigenvalue weighted by Crippen LogP contribution is -2.39. The molecule has 39 heavy (non-hydrogen) atoms. The fourth-order valence-corrected chi connectivity index (χ4v) is 5.77. The summed E-state index contributed by atoms with van der Waals surface area (Å²) in [5.74, 6) is -0.410. The number of nitrogens with zero attached hydrogens (tertiary/aromatic N) is 6. The maximum absolute atomic E-state index is 12.9. The number of carbonyl (C=O) groups excluding carboxylic acids is 2. The second-order valence-corrected chi connectivity index (χ2v) is 11.6. The Morgan fingerprint density at radius 3 is 2.79 bits per heavy atom. The minimum atomic E-state index is -0.553. The van der Waals surface area contributed by atoms with Gasteiger partial charge in [-0.25, -0.2) is 19.8 Å². The highest BCUT2D eigenvalue weighted by Gasteiger charge is 2.33. The Balaban J connectivity index is 1.36. The Morgan fingerprint density at radius 1 is 1.26 bits per heavy atom. The van der Waals surface area contributed by atoms with Crippen molar-refractivity contribution in [1.29, 1.82) is 5.26 Å². The Labute approximate surface area is 231 Å².